The Morgan fingerprint density at radius 1 is 1.14 bits per heavy atom. The minimum atomic E-state index is -1.38. The van der Waals surface area contributed by atoms with Gasteiger partial charge in [0.15, 0.2) is 5.82 Å². The zero-order valence-corrected chi connectivity index (χ0v) is 23.2. The Hall–Kier alpha value is -6.06. The topological polar surface area (TPSA) is 231 Å². The number of nitrogens with two attached hydrogens (primary N) is 1. The fourth-order valence-corrected chi connectivity index (χ4v) is 3.67. The summed E-state index contributed by atoms with van der Waals surface area (Å²) in [4.78, 5) is 69.6. The first-order chi connectivity index (χ1) is 20.6. The Bertz CT molecular complexity index is 1590. The van der Waals surface area contributed by atoms with Crippen molar-refractivity contribution < 1.29 is 48.5 Å². The lowest BCUT2D eigenvalue weighted by atomic mass is 10.1. The second kappa shape index (κ2) is 14.5. The van der Waals surface area contributed by atoms with Crippen LogP contribution in [-0.4, -0.2) is 70.6 Å². The molecular formula is C27H28N7O9+. The molecule has 0 atom stereocenters. The van der Waals surface area contributed by atoms with Gasteiger partial charge in [0.25, 0.3) is 24.0 Å². The number of aromatic amines is 1. The Morgan fingerprint density at radius 3 is 2.56 bits per heavy atom. The van der Waals surface area contributed by atoms with E-state index in [1.807, 2.05) is 0 Å². The van der Waals surface area contributed by atoms with Crippen molar-refractivity contribution in [2.75, 3.05) is 23.6 Å². The van der Waals surface area contributed by atoms with Crippen molar-refractivity contribution in [3.05, 3.63) is 76.8 Å². The van der Waals surface area contributed by atoms with E-state index in [1.165, 1.54) is 30.7 Å². The molecule has 3 amide bonds. The summed E-state index contributed by atoms with van der Waals surface area (Å²) in [6.45, 7) is 4.50. The summed E-state index contributed by atoms with van der Waals surface area (Å²) >= 11 is 0. The lowest BCUT2D eigenvalue weighted by Crippen LogP contribution is -2.41. The maximum atomic E-state index is 13.6. The molecule has 0 saturated heterocycles. The zero-order valence-electron chi connectivity index (χ0n) is 23.2. The van der Waals surface area contributed by atoms with Crippen LogP contribution in [0.15, 0.2) is 58.4 Å². The molecule has 224 valence electrons. The highest BCUT2D eigenvalue weighted by Gasteiger charge is 2.33. The number of ether oxygens (including phenoxy) is 2. The van der Waals surface area contributed by atoms with Gasteiger partial charge in [0.1, 0.15) is 12.0 Å². The SMILES string of the molecule is CCNC(=O)c1c[nH]c(C(=NC=[NH2+])N(C(=O)OCOC(=O)/C=C/C(=O)O)c2cc(C(=O)Nc3ccon3)ccc2C)c1C. The number of carboxylic acid groups (broad SMARTS) is 1. The third-order valence-corrected chi connectivity index (χ3v) is 5.67. The van der Waals surface area contributed by atoms with Gasteiger partial charge in [0.2, 0.25) is 6.79 Å². The van der Waals surface area contributed by atoms with E-state index in [1.54, 1.807) is 26.8 Å². The van der Waals surface area contributed by atoms with Crippen molar-refractivity contribution in [3.8, 4) is 0 Å². The first-order valence-electron chi connectivity index (χ1n) is 12.5. The summed E-state index contributed by atoms with van der Waals surface area (Å²) in [5, 5.41) is 23.2. The van der Waals surface area contributed by atoms with E-state index >= 15 is 0 Å². The van der Waals surface area contributed by atoms with E-state index in [4.69, 9.17) is 24.5 Å². The van der Waals surface area contributed by atoms with Gasteiger partial charge in [0, 0.05) is 36.5 Å². The Balaban J connectivity index is 2.06. The number of hydrogen-bond acceptors (Lipinski definition) is 9. The molecule has 2 aromatic heterocycles. The van der Waals surface area contributed by atoms with Gasteiger partial charge in [-0.15, -0.1) is 0 Å². The van der Waals surface area contributed by atoms with Crippen LogP contribution in [0.2, 0.25) is 0 Å². The van der Waals surface area contributed by atoms with Crippen LogP contribution < -0.4 is 20.9 Å². The first kappa shape index (κ1) is 31.5. The van der Waals surface area contributed by atoms with Crippen LogP contribution in [-0.2, 0) is 19.1 Å². The number of amides is 3. The van der Waals surface area contributed by atoms with Gasteiger partial charge in [0.05, 0.1) is 11.3 Å². The van der Waals surface area contributed by atoms with E-state index < -0.39 is 30.7 Å². The number of aliphatic imine (C=N–C) groups is 1. The van der Waals surface area contributed by atoms with Gasteiger partial charge in [-0.1, -0.05) is 11.2 Å². The fraction of sp³-hybridized carbons (Fsp3) is 0.185. The number of carbonyl (C=O) groups is 5. The van der Waals surface area contributed by atoms with Crippen molar-refractivity contribution >= 4 is 53.5 Å². The molecule has 2 heterocycles. The molecule has 1 aromatic carbocycles. The third kappa shape index (κ3) is 8.00. The van der Waals surface area contributed by atoms with Crippen LogP contribution in [0.5, 0.6) is 0 Å². The molecular weight excluding hydrogens is 566 g/mol. The molecule has 16 nitrogen and oxygen atoms in total. The smallest absolute Gasteiger partial charge is 0.424 e. The second-order valence-corrected chi connectivity index (χ2v) is 8.50. The number of aryl methyl sites for hydroxylation is 1. The molecule has 6 N–H and O–H groups in total. The van der Waals surface area contributed by atoms with Crippen molar-refractivity contribution in [3.63, 3.8) is 0 Å². The molecule has 0 aliphatic rings. The van der Waals surface area contributed by atoms with Gasteiger partial charge in [-0.3, -0.25) is 15.0 Å². The lowest BCUT2D eigenvalue weighted by molar-refractivity contribution is -0.146. The number of carbonyl (C=O) groups excluding carboxylic acids is 4. The van der Waals surface area contributed by atoms with Gasteiger partial charge in [-0.05, 0) is 49.0 Å². The lowest BCUT2D eigenvalue weighted by Gasteiger charge is -2.23. The summed E-state index contributed by atoms with van der Waals surface area (Å²) in [5.74, 6) is -3.40. The van der Waals surface area contributed by atoms with E-state index in [0.717, 1.165) is 11.2 Å². The summed E-state index contributed by atoms with van der Waals surface area (Å²) < 4.78 is 14.7. The number of carboxylic acids is 1. The number of hydrogen-bond donors (Lipinski definition) is 5. The Morgan fingerprint density at radius 2 is 1.91 bits per heavy atom. The van der Waals surface area contributed by atoms with Crippen LogP contribution in [0.3, 0.4) is 0 Å². The number of nitrogens with one attached hydrogen (secondary N) is 3. The van der Waals surface area contributed by atoms with Crippen LogP contribution in [0.1, 0.15) is 44.5 Å². The summed E-state index contributed by atoms with van der Waals surface area (Å²) in [6.07, 6.45) is 3.68. The summed E-state index contributed by atoms with van der Waals surface area (Å²) in [6, 6.07) is 5.89. The quantitative estimate of drug-likeness (QED) is 0.0693. The predicted molar refractivity (Wildman–Crippen MR) is 150 cm³/mol. The highest BCUT2D eigenvalue weighted by Crippen LogP contribution is 2.27. The largest absolute Gasteiger partial charge is 0.478 e. The molecule has 0 fully saturated rings. The Labute approximate surface area is 243 Å². The number of esters is 1. The molecule has 0 bridgehead atoms. The first-order valence-corrected chi connectivity index (χ1v) is 12.5. The maximum absolute atomic E-state index is 13.6. The van der Waals surface area contributed by atoms with E-state index in [0.29, 0.717) is 29.8 Å². The molecule has 3 aromatic rings. The molecule has 0 aliphatic carbocycles. The monoisotopic (exact) mass is 594 g/mol. The number of nitrogens with zero attached hydrogens (tertiary/aromatic N) is 3. The minimum Gasteiger partial charge on any atom is -0.478 e. The molecule has 0 unspecified atom stereocenters. The molecule has 0 aliphatic heterocycles. The van der Waals surface area contributed by atoms with E-state index in [2.05, 4.69) is 25.8 Å². The zero-order chi connectivity index (χ0) is 31.5. The molecule has 0 radical (unpaired) electrons. The highest BCUT2D eigenvalue weighted by atomic mass is 16.7. The number of aromatic nitrogens is 2. The molecule has 43 heavy (non-hydrogen) atoms. The fourth-order valence-electron chi connectivity index (χ4n) is 3.67. The van der Waals surface area contributed by atoms with Gasteiger partial charge in [-0.2, -0.15) is 0 Å². The van der Waals surface area contributed by atoms with Crippen molar-refractivity contribution in [1.82, 2.24) is 15.5 Å². The number of amidine groups is 1. The number of H-pyrrole nitrogens is 1. The normalized spacial score (nSPS) is 11.1. The third-order valence-electron chi connectivity index (χ3n) is 5.67. The highest BCUT2D eigenvalue weighted by molar-refractivity contribution is 6.24. The number of aliphatic carboxylic acids is 1. The average molecular weight is 595 g/mol. The Kier molecular flexibility index (Phi) is 10.6. The van der Waals surface area contributed by atoms with Gasteiger partial charge in [-0.25, -0.2) is 19.3 Å². The molecule has 0 spiro atoms. The van der Waals surface area contributed by atoms with Gasteiger partial charge >= 0.3 is 18.0 Å². The summed E-state index contributed by atoms with van der Waals surface area (Å²) in [5.41, 5.74) is 1.59. The number of anilines is 2. The van der Waals surface area contributed by atoms with Crippen molar-refractivity contribution in [2.45, 2.75) is 20.8 Å². The van der Waals surface area contributed by atoms with E-state index in [-0.39, 0.29) is 40.1 Å². The van der Waals surface area contributed by atoms with Crippen LogP contribution in [0.25, 0.3) is 0 Å². The molecule has 3 rings (SSSR count). The van der Waals surface area contributed by atoms with Gasteiger partial charge < -0.3 is 34.7 Å². The molecule has 16 heteroatoms. The van der Waals surface area contributed by atoms with Crippen LogP contribution in [0, 0.1) is 13.8 Å². The summed E-state index contributed by atoms with van der Waals surface area (Å²) in [7, 11) is 0. The van der Waals surface area contributed by atoms with Crippen LogP contribution >= 0.6 is 0 Å². The maximum Gasteiger partial charge on any atom is 0.424 e. The average Bonchev–Trinajstić information content (AvgIpc) is 3.62. The predicted octanol–water partition coefficient (Wildman–Crippen LogP) is 0.940. The molecule has 0 saturated carbocycles. The van der Waals surface area contributed by atoms with Crippen molar-refractivity contribution in [2.24, 2.45) is 4.99 Å². The standard InChI is InChI=1S/C27H27N7O9/c1-4-29-26(39)18-12-30-23(16(18)3)24(31-13-28)34(27(40)42-14-41-22(37)8-7-21(35)36)19-11-17(6-5-15(19)2)25(38)32-20-9-10-43-33-20/h5-13,28,30H,4,14H2,1-3H3,(H,29,39)(H,35,36)(H,32,33,38)/p+1/b8-7+,28-13?,31-24?. The second-order valence-electron chi connectivity index (χ2n) is 8.50. The number of rotatable bonds is 11. The van der Waals surface area contributed by atoms with Crippen LogP contribution in [0.4, 0.5) is 16.3 Å². The van der Waals surface area contributed by atoms with Crippen molar-refractivity contribution in [1.29, 1.82) is 0 Å². The number of benzene rings is 1. The minimum absolute atomic E-state index is 0.105. The van der Waals surface area contributed by atoms with E-state index in [9.17, 15) is 24.0 Å².